The molecule has 0 aromatic heterocycles. The zero-order valence-electron chi connectivity index (χ0n) is 30.1. The smallest absolute Gasteiger partial charge is 0.309 e. The van der Waals surface area contributed by atoms with Crippen molar-refractivity contribution in [1.82, 2.24) is 0 Å². The summed E-state index contributed by atoms with van der Waals surface area (Å²) in [4.78, 5) is 38.3. The molecule has 45 heavy (non-hydrogen) atoms. The number of rotatable bonds is 17. The van der Waals surface area contributed by atoms with Gasteiger partial charge in [-0.2, -0.15) is 0 Å². The van der Waals surface area contributed by atoms with E-state index in [4.69, 9.17) is 14.2 Å². The molecule has 2 rings (SSSR count). The van der Waals surface area contributed by atoms with E-state index >= 15 is 0 Å². The molecule has 2 atom stereocenters. The molecule has 0 bridgehead atoms. The van der Waals surface area contributed by atoms with Crippen molar-refractivity contribution in [3.05, 3.63) is 33.7 Å². The van der Waals surface area contributed by atoms with Gasteiger partial charge in [0, 0.05) is 6.42 Å². The third-order valence-electron chi connectivity index (χ3n) is 7.93. The lowest BCUT2D eigenvalue weighted by atomic mass is 9.90. The molecular formula is C39H62O6. The highest BCUT2D eigenvalue weighted by molar-refractivity contribution is 5.73. The highest BCUT2D eigenvalue weighted by Crippen LogP contribution is 2.26. The second kappa shape index (κ2) is 17.3. The number of fused-ring (bicyclic) bond motifs is 1. The number of hydrogen-bond donors (Lipinski definition) is 0. The summed E-state index contributed by atoms with van der Waals surface area (Å²) in [6, 6.07) is 4.48. The predicted molar refractivity (Wildman–Crippen MR) is 183 cm³/mol. The molecule has 1 aliphatic rings. The van der Waals surface area contributed by atoms with E-state index < -0.39 is 16.8 Å². The van der Waals surface area contributed by atoms with Gasteiger partial charge in [0.25, 0.3) is 0 Å². The van der Waals surface area contributed by atoms with Crippen molar-refractivity contribution in [2.24, 2.45) is 11.8 Å². The maximum atomic E-state index is 13.2. The molecular weight excluding hydrogens is 564 g/mol. The zero-order chi connectivity index (χ0) is 33.8. The van der Waals surface area contributed by atoms with Crippen LogP contribution in [0.3, 0.4) is 0 Å². The number of benzene rings is 1. The molecule has 0 saturated carbocycles. The van der Waals surface area contributed by atoms with Crippen LogP contribution in [0.15, 0.2) is 12.1 Å². The van der Waals surface area contributed by atoms with E-state index in [0.29, 0.717) is 25.7 Å². The average molecular weight is 627 g/mol. The summed E-state index contributed by atoms with van der Waals surface area (Å²) in [6.45, 7) is 19.2. The summed E-state index contributed by atoms with van der Waals surface area (Å²) < 4.78 is 17.0. The fourth-order valence-electron chi connectivity index (χ4n) is 5.89. The van der Waals surface area contributed by atoms with Crippen molar-refractivity contribution in [3.63, 3.8) is 0 Å². The van der Waals surface area contributed by atoms with Crippen molar-refractivity contribution in [3.8, 4) is 0 Å². The topological polar surface area (TPSA) is 78.9 Å². The molecule has 6 heteroatoms. The first kappa shape index (κ1) is 38.6. The minimum atomic E-state index is -0.553. The summed E-state index contributed by atoms with van der Waals surface area (Å²) in [5, 5.41) is 2.77. The summed E-state index contributed by atoms with van der Waals surface area (Å²) in [6.07, 6.45) is 15.0. The lowest BCUT2D eigenvalue weighted by Gasteiger charge is -2.25. The van der Waals surface area contributed by atoms with Gasteiger partial charge in [-0.25, -0.2) is 0 Å². The summed E-state index contributed by atoms with van der Waals surface area (Å²) >= 11 is 0. The van der Waals surface area contributed by atoms with Crippen LogP contribution in [-0.2, 0) is 35.0 Å². The molecule has 0 amide bonds. The Bertz CT molecular complexity index is 1240. The zero-order valence-corrected chi connectivity index (χ0v) is 30.1. The maximum absolute atomic E-state index is 13.2. The van der Waals surface area contributed by atoms with Gasteiger partial charge in [0.1, 0.15) is 16.8 Å². The molecule has 2 unspecified atom stereocenters. The van der Waals surface area contributed by atoms with E-state index in [2.05, 4.69) is 31.2 Å². The summed E-state index contributed by atoms with van der Waals surface area (Å²) in [7, 11) is 0. The van der Waals surface area contributed by atoms with E-state index in [1.54, 1.807) is 0 Å². The second-order valence-electron chi connectivity index (χ2n) is 15.8. The number of carbonyl (C=O) groups excluding carboxylic acids is 3. The quantitative estimate of drug-likeness (QED) is 0.0989. The molecule has 1 aliphatic carbocycles. The lowest BCUT2D eigenvalue weighted by molar-refractivity contribution is -0.162. The number of ether oxygens (including phenoxy) is 3. The van der Waals surface area contributed by atoms with Gasteiger partial charge in [-0.1, -0.05) is 50.0 Å². The van der Waals surface area contributed by atoms with E-state index in [1.807, 2.05) is 62.3 Å². The molecule has 0 N–H and O–H groups in total. The molecule has 0 fully saturated rings. The van der Waals surface area contributed by atoms with Gasteiger partial charge in [-0.15, -0.1) is 0 Å². The number of esters is 3. The van der Waals surface area contributed by atoms with Gasteiger partial charge in [-0.3, -0.25) is 14.4 Å². The fourth-order valence-corrected chi connectivity index (χ4v) is 5.89. The Balaban J connectivity index is 1.92. The Morgan fingerprint density at radius 3 is 1.56 bits per heavy atom. The van der Waals surface area contributed by atoms with E-state index in [0.717, 1.165) is 57.8 Å². The minimum absolute atomic E-state index is 0.118. The fraction of sp³-hybridized carbons (Fsp3) is 0.718. The lowest BCUT2D eigenvalue weighted by Crippen LogP contribution is -2.29. The molecule has 254 valence electrons. The Morgan fingerprint density at radius 1 is 0.622 bits per heavy atom. The monoisotopic (exact) mass is 626 g/mol. The van der Waals surface area contributed by atoms with Crippen LogP contribution in [0, 0.1) is 18.8 Å². The van der Waals surface area contributed by atoms with Gasteiger partial charge in [0.15, 0.2) is 0 Å². The highest BCUT2D eigenvalue weighted by atomic mass is 16.6. The highest BCUT2D eigenvalue weighted by Gasteiger charge is 2.27. The van der Waals surface area contributed by atoms with Crippen molar-refractivity contribution in [2.45, 2.75) is 170 Å². The first-order chi connectivity index (χ1) is 20.8. The van der Waals surface area contributed by atoms with Crippen molar-refractivity contribution >= 4 is 30.1 Å². The Hall–Kier alpha value is -2.63. The van der Waals surface area contributed by atoms with Crippen LogP contribution < -0.4 is 10.4 Å². The molecule has 0 heterocycles. The normalized spacial score (nSPS) is 14.5. The van der Waals surface area contributed by atoms with E-state index in [9.17, 15) is 14.4 Å². The van der Waals surface area contributed by atoms with Crippen LogP contribution in [0.25, 0.3) is 12.2 Å². The van der Waals surface area contributed by atoms with Crippen LogP contribution in [-0.4, -0.2) is 34.7 Å². The van der Waals surface area contributed by atoms with Gasteiger partial charge < -0.3 is 14.2 Å². The Labute approximate surface area is 273 Å². The van der Waals surface area contributed by atoms with Crippen molar-refractivity contribution in [1.29, 1.82) is 0 Å². The maximum Gasteiger partial charge on any atom is 0.309 e. The van der Waals surface area contributed by atoms with Crippen molar-refractivity contribution in [2.75, 3.05) is 0 Å². The summed E-state index contributed by atoms with van der Waals surface area (Å²) in [5.74, 6) is -0.882. The largest absolute Gasteiger partial charge is 0.460 e. The first-order valence-electron chi connectivity index (χ1n) is 17.3. The third kappa shape index (κ3) is 15.5. The van der Waals surface area contributed by atoms with Gasteiger partial charge in [0.05, 0.1) is 11.8 Å². The van der Waals surface area contributed by atoms with Crippen LogP contribution in [0.1, 0.15) is 150 Å². The van der Waals surface area contributed by atoms with Crippen LogP contribution in [0.2, 0.25) is 0 Å². The molecule has 0 radical (unpaired) electrons. The molecule has 0 spiro atoms. The molecule has 0 saturated heterocycles. The Morgan fingerprint density at radius 2 is 1.07 bits per heavy atom. The average Bonchev–Trinajstić information content (AvgIpc) is 3.38. The van der Waals surface area contributed by atoms with Gasteiger partial charge in [0.2, 0.25) is 0 Å². The molecule has 1 aromatic rings. The van der Waals surface area contributed by atoms with Crippen LogP contribution in [0.4, 0.5) is 0 Å². The van der Waals surface area contributed by atoms with Crippen LogP contribution >= 0.6 is 0 Å². The molecule has 0 aliphatic heterocycles. The van der Waals surface area contributed by atoms with Crippen LogP contribution in [0.5, 0.6) is 0 Å². The van der Waals surface area contributed by atoms with Crippen molar-refractivity contribution < 1.29 is 28.6 Å². The van der Waals surface area contributed by atoms with Gasteiger partial charge >= 0.3 is 17.9 Å². The number of aryl methyl sites for hydroxylation is 2. The number of hydrogen-bond acceptors (Lipinski definition) is 6. The minimum Gasteiger partial charge on any atom is -0.460 e. The molecule has 6 nitrogen and oxygen atoms in total. The standard InChI is InChI=1S/C39H62O6/c1-28-26-27-29(33-24-17-23-32(28)33)18-11-12-19-30(35(41)44-38(5,6)7)20-13-14-21-31(36(42)45-39(8,9)10)22-15-16-25-34(40)43-37(2,3)4/h23-24,26-27,30-31H,11-22,25H2,1-10H3. The summed E-state index contributed by atoms with van der Waals surface area (Å²) in [5.41, 5.74) is 1.17. The third-order valence-corrected chi connectivity index (χ3v) is 7.93. The van der Waals surface area contributed by atoms with Gasteiger partial charge in [-0.05, 0) is 142 Å². The first-order valence-corrected chi connectivity index (χ1v) is 17.3. The van der Waals surface area contributed by atoms with E-state index in [1.165, 1.54) is 21.6 Å². The van der Waals surface area contributed by atoms with E-state index in [-0.39, 0.29) is 29.7 Å². The SMILES string of the molecule is Cc1ccc(CCCCC(CCCCC(CCCCC(=O)OC(C)(C)C)C(=O)OC(C)(C)C)C(=O)OC(C)(C)C)c2c1=CCC=2. The second-order valence-corrected chi connectivity index (χ2v) is 15.8. The Kier molecular flexibility index (Phi) is 14.8. The molecule has 1 aromatic carbocycles. The number of carbonyl (C=O) groups is 3. The predicted octanol–water partition coefficient (Wildman–Crippen LogP) is 8.05. The number of unbranched alkanes of at least 4 members (excludes halogenated alkanes) is 3.